The van der Waals surface area contributed by atoms with Crippen LogP contribution in [0.4, 0.5) is 5.95 Å². The minimum atomic E-state index is 0.333. The summed E-state index contributed by atoms with van der Waals surface area (Å²) in [4.78, 5) is 4.40. The number of nitrogens with one attached hydrogen (secondary N) is 1. The van der Waals surface area contributed by atoms with Crippen molar-refractivity contribution in [3.05, 3.63) is 24.4 Å². The van der Waals surface area contributed by atoms with E-state index in [1.807, 2.05) is 24.4 Å². The summed E-state index contributed by atoms with van der Waals surface area (Å²) in [6.45, 7) is 3.86. The van der Waals surface area contributed by atoms with Crippen molar-refractivity contribution in [3.63, 3.8) is 0 Å². The van der Waals surface area contributed by atoms with Gasteiger partial charge < -0.3 is 10.1 Å². The summed E-state index contributed by atoms with van der Waals surface area (Å²) in [6, 6.07) is 5.85. The Labute approximate surface area is 99.8 Å². The van der Waals surface area contributed by atoms with Crippen LogP contribution in [0.1, 0.15) is 13.3 Å². The van der Waals surface area contributed by atoms with E-state index in [2.05, 4.69) is 22.3 Å². The molecule has 0 aromatic carbocycles. The van der Waals surface area contributed by atoms with Gasteiger partial charge >= 0.3 is 0 Å². The zero-order chi connectivity index (χ0) is 11.7. The van der Waals surface area contributed by atoms with Gasteiger partial charge in [-0.05, 0) is 25.5 Å². The summed E-state index contributed by atoms with van der Waals surface area (Å²) < 4.78 is 7.30. The van der Waals surface area contributed by atoms with E-state index >= 15 is 0 Å². The van der Waals surface area contributed by atoms with Gasteiger partial charge in [0.25, 0.3) is 0 Å². The lowest BCUT2D eigenvalue weighted by Crippen LogP contribution is -2.21. The second kappa shape index (κ2) is 4.33. The molecule has 1 saturated heterocycles. The molecule has 2 atom stereocenters. The summed E-state index contributed by atoms with van der Waals surface area (Å²) in [6.07, 6.45) is 3.34. The third kappa shape index (κ3) is 2.10. The molecule has 0 saturated carbocycles. The predicted molar refractivity (Wildman–Crippen MR) is 65.0 cm³/mol. The fraction of sp³-hybridized carbons (Fsp3) is 0.500. The maximum atomic E-state index is 5.53. The average molecular weight is 232 g/mol. The third-order valence-corrected chi connectivity index (χ3v) is 3.30. The molecule has 17 heavy (non-hydrogen) atoms. The summed E-state index contributed by atoms with van der Waals surface area (Å²) >= 11 is 0. The van der Waals surface area contributed by atoms with E-state index in [0.717, 1.165) is 25.2 Å². The summed E-state index contributed by atoms with van der Waals surface area (Å²) in [5, 5.41) is 7.64. The predicted octanol–water partition coefficient (Wildman–Crippen LogP) is 1.57. The quantitative estimate of drug-likeness (QED) is 0.872. The molecule has 1 aliphatic rings. The van der Waals surface area contributed by atoms with E-state index in [-0.39, 0.29) is 0 Å². The first-order valence-corrected chi connectivity index (χ1v) is 6.00. The van der Waals surface area contributed by atoms with E-state index in [9.17, 15) is 0 Å². The standard InChI is InChI=1S/C12H16N4O/c1-9-10(5-7-17-9)8-13-12-14-11-4-2-3-6-16(11)15-12/h2-4,6,9-10H,5,7-8H2,1H3,(H,13,15). The molecule has 0 amide bonds. The Morgan fingerprint density at radius 1 is 1.53 bits per heavy atom. The van der Waals surface area contributed by atoms with E-state index in [4.69, 9.17) is 4.74 Å². The largest absolute Gasteiger partial charge is 0.378 e. The number of pyridine rings is 1. The van der Waals surface area contributed by atoms with Crippen molar-refractivity contribution >= 4 is 11.6 Å². The number of fused-ring (bicyclic) bond motifs is 1. The van der Waals surface area contributed by atoms with Gasteiger partial charge in [-0.3, -0.25) is 0 Å². The molecule has 90 valence electrons. The fourth-order valence-corrected chi connectivity index (χ4v) is 2.17. The number of aromatic nitrogens is 3. The first kappa shape index (κ1) is 10.5. The highest BCUT2D eigenvalue weighted by Crippen LogP contribution is 2.20. The third-order valence-electron chi connectivity index (χ3n) is 3.30. The van der Waals surface area contributed by atoms with Crippen molar-refractivity contribution in [2.45, 2.75) is 19.4 Å². The highest BCUT2D eigenvalue weighted by Gasteiger charge is 2.24. The van der Waals surface area contributed by atoms with Gasteiger partial charge in [-0.25, -0.2) is 4.52 Å². The van der Waals surface area contributed by atoms with Crippen LogP contribution in [-0.2, 0) is 4.74 Å². The van der Waals surface area contributed by atoms with Crippen LogP contribution >= 0.6 is 0 Å². The van der Waals surface area contributed by atoms with Gasteiger partial charge in [0, 0.05) is 25.3 Å². The molecular formula is C12H16N4O. The molecule has 2 aromatic rings. The van der Waals surface area contributed by atoms with E-state index in [1.165, 1.54) is 0 Å². The van der Waals surface area contributed by atoms with Crippen molar-refractivity contribution < 1.29 is 4.74 Å². The lowest BCUT2D eigenvalue weighted by molar-refractivity contribution is 0.108. The molecule has 3 rings (SSSR count). The second-order valence-electron chi connectivity index (χ2n) is 4.44. The first-order chi connectivity index (χ1) is 8.33. The Balaban J connectivity index is 1.68. The zero-order valence-corrected chi connectivity index (χ0v) is 9.84. The molecule has 1 N–H and O–H groups in total. The molecule has 2 aromatic heterocycles. The fourth-order valence-electron chi connectivity index (χ4n) is 2.17. The first-order valence-electron chi connectivity index (χ1n) is 6.00. The van der Waals surface area contributed by atoms with Crippen LogP contribution in [0.5, 0.6) is 0 Å². The number of rotatable bonds is 3. The average Bonchev–Trinajstić information content (AvgIpc) is 2.92. The van der Waals surface area contributed by atoms with Gasteiger partial charge in [-0.15, -0.1) is 5.10 Å². The van der Waals surface area contributed by atoms with Crippen molar-refractivity contribution in [1.82, 2.24) is 14.6 Å². The molecule has 2 unspecified atom stereocenters. The van der Waals surface area contributed by atoms with E-state index < -0.39 is 0 Å². The highest BCUT2D eigenvalue weighted by molar-refractivity contribution is 5.42. The molecule has 1 fully saturated rings. The number of ether oxygens (including phenoxy) is 1. The lowest BCUT2D eigenvalue weighted by Gasteiger charge is -2.13. The Morgan fingerprint density at radius 2 is 2.47 bits per heavy atom. The second-order valence-corrected chi connectivity index (χ2v) is 4.44. The highest BCUT2D eigenvalue weighted by atomic mass is 16.5. The Bertz CT molecular complexity index is 477. The summed E-state index contributed by atoms with van der Waals surface area (Å²) in [5.74, 6) is 1.25. The Morgan fingerprint density at radius 3 is 3.24 bits per heavy atom. The van der Waals surface area contributed by atoms with Crippen molar-refractivity contribution in [2.75, 3.05) is 18.5 Å². The number of hydrogen-bond acceptors (Lipinski definition) is 4. The molecule has 0 aliphatic carbocycles. The normalized spacial score (nSPS) is 24.3. The molecular weight excluding hydrogens is 216 g/mol. The van der Waals surface area contributed by atoms with Gasteiger partial charge in [0.15, 0.2) is 5.65 Å². The molecule has 1 aliphatic heterocycles. The molecule has 0 bridgehead atoms. The monoisotopic (exact) mass is 232 g/mol. The number of anilines is 1. The number of nitrogens with zero attached hydrogens (tertiary/aromatic N) is 3. The van der Waals surface area contributed by atoms with E-state index in [0.29, 0.717) is 18.0 Å². The molecule has 0 radical (unpaired) electrons. The van der Waals surface area contributed by atoms with Crippen LogP contribution in [0, 0.1) is 5.92 Å². The van der Waals surface area contributed by atoms with Crippen LogP contribution in [0.3, 0.4) is 0 Å². The van der Waals surface area contributed by atoms with E-state index in [1.54, 1.807) is 4.52 Å². The minimum Gasteiger partial charge on any atom is -0.378 e. The van der Waals surface area contributed by atoms with Crippen molar-refractivity contribution in [1.29, 1.82) is 0 Å². The van der Waals surface area contributed by atoms with Gasteiger partial charge in [0.2, 0.25) is 5.95 Å². The Kier molecular flexibility index (Phi) is 2.68. The van der Waals surface area contributed by atoms with Gasteiger partial charge in [-0.1, -0.05) is 6.07 Å². The van der Waals surface area contributed by atoms with Crippen LogP contribution in [0.25, 0.3) is 5.65 Å². The minimum absolute atomic E-state index is 0.333. The summed E-state index contributed by atoms with van der Waals surface area (Å²) in [7, 11) is 0. The molecule has 3 heterocycles. The van der Waals surface area contributed by atoms with Crippen molar-refractivity contribution in [3.8, 4) is 0 Å². The summed E-state index contributed by atoms with van der Waals surface area (Å²) in [5.41, 5.74) is 0.866. The van der Waals surface area contributed by atoms with Crippen LogP contribution in [0.2, 0.25) is 0 Å². The molecule has 5 heteroatoms. The topological polar surface area (TPSA) is 51.5 Å². The lowest BCUT2D eigenvalue weighted by atomic mass is 10.0. The maximum Gasteiger partial charge on any atom is 0.243 e. The van der Waals surface area contributed by atoms with Crippen molar-refractivity contribution in [2.24, 2.45) is 5.92 Å². The van der Waals surface area contributed by atoms with Crippen LogP contribution in [0.15, 0.2) is 24.4 Å². The van der Waals surface area contributed by atoms with Gasteiger partial charge in [0.1, 0.15) is 0 Å². The van der Waals surface area contributed by atoms with Gasteiger partial charge in [0.05, 0.1) is 6.10 Å². The number of hydrogen-bond donors (Lipinski definition) is 1. The SMILES string of the molecule is CC1OCCC1CNc1nc2ccccn2n1. The maximum absolute atomic E-state index is 5.53. The van der Waals surface area contributed by atoms with Crippen LogP contribution < -0.4 is 5.32 Å². The molecule has 0 spiro atoms. The Hall–Kier alpha value is -1.62. The van der Waals surface area contributed by atoms with Gasteiger partial charge in [-0.2, -0.15) is 4.98 Å². The smallest absolute Gasteiger partial charge is 0.243 e. The molecule has 5 nitrogen and oxygen atoms in total. The zero-order valence-electron chi connectivity index (χ0n) is 9.84. The van der Waals surface area contributed by atoms with Crippen LogP contribution in [-0.4, -0.2) is 33.9 Å².